The predicted octanol–water partition coefficient (Wildman–Crippen LogP) is 3.34. The van der Waals surface area contributed by atoms with Gasteiger partial charge in [0.05, 0.1) is 23.9 Å². The summed E-state index contributed by atoms with van der Waals surface area (Å²) in [6, 6.07) is 4.02. The molecule has 0 bridgehead atoms. The lowest BCUT2D eigenvalue weighted by Gasteiger charge is -2.33. The summed E-state index contributed by atoms with van der Waals surface area (Å²) in [5.74, 6) is 2.18. The fraction of sp³-hybridized carbons (Fsp3) is 0.520. The highest BCUT2D eigenvalue weighted by Gasteiger charge is 2.26. The highest BCUT2D eigenvalue weighted by Crippen LogP contribution is 2.36. The van der Waals surface area contributed by atoms with Crippen molar-refractivity contribution in [1.29, 1.82) is 0 Å². The molecule has 0 N–H and O–H groups in total. The Bertz CT molecular complexity index is 1320. The third-order valence-corrected chi connectivity index (χ3v) is 7.52. The van der Waals surface area contributed by atoms with Crippen molar-refractivity contribution in [3.63, 3.8) is 0 Å². The number of hydrogen-bond acceptors (Lipinski definition) is 6. The van der Waals surface area contributed by atoms with E-state index in [0.29, 0.717) is 5.92 Å². The molecule has 4 rings (SSSR count). The molecule has 2 aromatic heterocycles. The van der Waals surface area contributed by atoms with Gasteiger partial charge in [0.25, 0.3) is 10.1 Å². The maximum Gasteiger partial charge on any atom is 0.264 e. The van der Waals surface area contributed by atoms with Gasteiger partial charge in [-0.2, -0.15) is 8.42 Å². The van der Waals surface area contributed by atoms with E-state index < -0.39 is 10.1 Å². The summed E-state index contributed by atoms with van der Waals surface area (Å²) in [7, 11) is 2.71. The van der Waals surface area contributed by atoms with Crippen LogP contribution >= 0.6 is 0 Å². The van der Waals surface area contributed by atoms with Gasteiger partial charge in [-0.3, -0.25) is 8.75 Å². The van der Waals surface area contributed by atoms with Gasteiger partial charge >= 0.3 is 0 Å². The van der Waals surface area contributed by atoms with Gasteiger partial charge in [0.1, 0.15) is 19.5 Å². The lowest BCUT2D eigenvalue weighted by Crippen LogP contribution is -2.35. The number of aromatic nitrogens is 3. The first-order valence-corrected chi connectivity index (χ1v) is 13.6. The maximum atomic E-state index is 11.2. The van der Waals surface area contributed by atoms with Crippen LogP contribution in [0.3, 0.4) is 0 Å². The van der Waals surface area contributed by atoms with Crippen LogP contribution in [0.25, 0.3) is 16.7 Å². The van der Waals surface area contributed by atoms with E-state index in [1.807, 2.05) is 19.1 Å². The van der Waals surface area contributed by atoms with Crippen LogP contribution in [-0.2, 0) is 14.3 Å². The van der Waals surface area contributed by atoms with Crippen LogP contribution in [-0.4, -0.2) is 56.8 Å². The average Bonchev–Trinajstić information content (AvgIpc) is 2.97. The van der Waals surface area contributed by atoms with Gasteiger partial charge in [-0.1, -0.05) is 17.6 Å². The van der Waals surface area contributed by atoms with Crippen molar-refractivity contribution in [3.8, 4) is 5.69 Å². The number of nitrogens with zero attached hydrogens (tertiary/aromatic N) is 4. The Morgan fingerprint density at radius 2 is 1.68 bits per heavy atom. The highest BCUT2D eigenvalue weighted by molar-refractivity contribution is 7.85. The van der Waals surface area contributed by atoms with E-state index in [1.165, 1.54) is 5.56 Å². The zero-order valence-corrected chi connectivity index (χ0v) is 21.8. The molecule has 1 aliphatic heterocycles. The van der Waals surface area contributed by atoms with E-state index in [-0.39, 0.29) is 6.61 Å². The molecule has 0 spiro atoms. The standard InChI is InChI=1S/C25H33BN4O3S/c1-15-13-21(26)14-16(2)23(15)30-18(4)17(3)22-24(27-19(5)28-25(22)30)29-10-7-20(8-11-29)9-12-33-34(6,31)32/h13-14,20H,7-12H2,1-6H3. The monoisotopic (exact) mass is 480 g/mol. The van der Waals surface area contributed by atoms with Crippen molar-refractivity contribution in [2.24, 2.45) is 5.92 Å². The number of piperidine rings is 1. The van der Waals surface area contributed by atoms with Gasteiger partial charge in [0.2, 0.25) is 0 Å². The smallest absolute Gasteiger partial charge is 0.264 e. The molecule has 1 saturated heterocycles. The molecular formula is C25H33BN4O3S. The van der Waals surface area contributed by atoms with Crippen molar-refractivity contribution in [1.82, 2.24) is 14.5 Å². The van der Waals surface area contributed by atoms with Crippen LogP contribution < -0.4 is 10.4 Å². The fourth-order valence-electron chi connectivity index (χ4n) is 5.19. The molecule has 0 atom stereocenters. The second kappa shape index (κ2) is 9.34. The molecule has 180 valence electrons. The fourth-order valence-corrected chi connectivity index (χ4v) is 5.59. The van der Waals surface area contributed by atoms with E-state index in [2.05, 4.69) is 37.2 Å². The molecule has 1 aromatic carbocycles. The third-order valence-electron chi connectivity index (χ3n) is 6.92. The van der Waals surface area contributed by atoms with E-state index in [1.54, 1.807) is 0 Å². The molecule has 9 heteroatoms. The van der Waals surface area contributed by atoms with Crippen LogP contribution in [0.2, 0.25) is 0 Å². The van der Waals surface area contributed by atoms with Gasteiger partial charge in [-0.25, -0.2) is 9.97 Å². The van der Waals surface area contributed by atoms with Gasteiger partial charge in [0, 0.05) is 18.8 Å². The normalized spacial score (nSPS) is 15.4. The first kappa shape index (κ1) is 24.7. The topological polar surface area (TPSA) is 77.3 Å². The van der Waals surface area contributed by atoms with Crippen molar-refractivity contribution in [2.45, 2.75) is 53.9 Å². The van der Waals surface area contributed by atoms with Crippen LogP contribution in [0.1, 0.15) is 47.5 Å². The summed E-state index contributed by atoms with van der Waals surface area (Å²) >= 11 is 0. The number of aryl methyl sites for hydroxylation is 4. The quantitative estimate of drug-likeness (QED) is 0.398. The first-order chi connectivity index (χ1) is 16.0. The van der Waals surface area contributed by atoms with Gasteiger partial charge in [0.15, 0.2) is 5.65 Å². The molecule has 34 heavy (non-hydrogen) atoms. The Kier molecular flexibility index (Phi) is 6.79. The molecule has 2 radical (unpaired) electrons. The van der Waals surface area contributed by atoms with Crippen molar-refractivity contribution >= 4 is 40.3 Å². The van der Waals surface area contributed by atoms with Gasteiger partial charge < -0.3 is 4.90 Å². The number of benzene rings is 1. The minimum Gasteiger partial charge on any atom is -0.356 e. The second-order valence-corrected chi connectivity index (χ2v) is 11.2. The SMILES string of the molecule is [B]c1cc(C)c(-n2c(C)c(C)c3c(N4CCC(CCOS(C)(=O)=O)CC4)nc(C)nc32)c(C)c1. The Labute approximate surface area is 204 Å². The molecule has 0 saturated carbocycles. The molecule has 0 amide bonds. The summed E-state index contributed by atoms with van der Waals surface area (Å²) in [6.45, 7) is 12.4. The Morgan fingerprint density at radius 1 is 1.06 bits per heavy atom. The number of anilines is 1. The van der Waals surface area contributed by atoms with E-state index in [0.717, 1.165) is 89.3 Å². The Morgan fingerprint density at radius 3 is 2.26 bits per heavy atom. The summed E-state index contributed by atoms with van der Waals surface area (Å²) in [4.78, 5) is 12.1. The zero-order chi connectivity index (χ0) is 24.8. The molecular weight excluding hydrogens is 447 g/mol. The molecule has 0 aliphatic carbocycles. The summed E-state index contributed by atoms with van der Waals surface area (Å²) in [6.07, 6.45) is 3.81. The summed E-state index contributed by atoms with van der Waals surface area (Å²) < 4.78 is 29.7. The average molecular weight is 480 g/mol. The minimum absolute atomic E-state index is 0.252. The number of hydrogen-bond donors (Lipinski definition) is 0. The molecule has 0 unspecified atom stereocenters. The van der Waals surface area contributed by atoms with E-state index in [4.69, 9.17) is 22.0 Å². The van der Waals surface area contributed by atoms with E-state index >= 15 is 0 Å². The minimum atomic E-state index is -3.38. The maximum absolute atomic E-state index is 11.2. The Balaban J connectivity index is 1.68. The zero-order valence-electron chi connectivity index (χ0n) is 21.0. The van der Waals surface area contributed by atoms with Crippen molar-refractivity contribution in [3.05, 3.63) is 40.3 Å². The van der Waals surface area contributed by atoms with Crippen LogP contribution in [0, 0.1) is 40.5 Å². The summed E-state index contributed by atoms with van der Waals surface area (Å²) in [5, 5.41) is 1.09. The third kappa shape index (κ3) is 4.86. The lowest BCUT2D eigenvalue weighted by molar-refractivity contribution is 0.264. The largest absolute Gasteiger partial charge is 0.356 e. The van der Waals surface area contributed by atoms with Crippen molar-refractivity contribution < 1.29 is 12.6 Å². The van der Waals surface area contributed by atoms with Crippen LogP contribution in [0.5, 0.6) is 0 Å². The highest BCUT2D eigenvalue weighted by atomic mass is 32.2. The van der Waals surface area contributed by atoms with Gasteiger partial charge in [-0.05, 0) is 76.5 Å². The number of fused-ring (bicyclic) bond motifs is 1. The van der Waals surface area contributed by atoms with Crippen LogP contribution in [0.4, 0.5) is 5.82 Å². The summed E-state index contributed by atoms with van der Waals surface area (Å²) in [5.41, 5.74) is 7.39. The van der Waals surface area contributed by atoms with Gasteiger partial charge in [-0.15, -0.1) is 0 Å². The Hall–Kier alpha value is -2.39. The molecule has 1 aliphatic rings. The van der Waals surface area contributed by atoms with Crippen molar-refractivity contribution in [2.75, 3.05) is 30.9 Å². The molecule has 3 heterocycles. The molecule has 7 nitrogen and oxygen atoms in total. The number of rotatable bonds is 6. The van der Waals surface area contributed by atoms with Crippen LogP contribution in [0.15, 0.2) is 12.1 Å². The lowest BCUT2D eigenvalue weighted by atomic mass is 9.91. The second-order valence-electron chi connectivity index (χ2n) is 9.59. The van der Waals surface area contributed by atoms with E-state index in [9.17, 15) is 8.42 Å². The molecule has 1 fully saturated rings. The predicted molar refractivity (Wildman–Crippen MR) is 138 cm³/mol. The molecule has 3 aromatic rings. The first-order valence-electron chi connectivity index (χ1n) is 11.8.